The molecule has 7 heteroatoms. The number of para-hydroxylation sites is 1. The Morgan fingerprint density at radius 3 is 2.64 bits per heavy atom. The summed E-state index contributed by atoms with van der Waals surface area (Å²) in [6.07, 6.45) is 0. The van der Waals surface area contributed by atoms with Crippen molar-refractivity contribution in [3.63, 3.8) is 0 Å². The van der Waals surface area contributed by atoms with Gasteiger partial charge >= 0.3 is 0 Å². The second-order valence-electron chi connectivity index (χ2n) is 4.54. The molecule has 0 unspecified atom stereocenters. The highest BCUT2D eigenvalue weighted by Gasteiger charge is 2.14. The maximum atomic E-state index is 7.63. The Morgan fingerprint density at radius 1 is 1.14 bits per heavy atom. The van der Waals surface area contributed by atoms with E-state index in [0.29, 0.717) is 21.3 Å². The molecule has 0 aliphatic rings. The van der Waals surface area contributed by atoms with Crippen molar-refractivity contribution in [1.82, 2.24) is 4.98 Å². The Labute approximate surface area is 135 Å². The van der Waals surface area contributed by atoms with Crippen molar-refractivity contribution in [3.8, 4) is 0 Å². The number of nitrogens with one attached hydrogen (secondary N) is 1. The maximum absolute atomic E-state index is 7.63. The zero-order chi connectivity index (χ0) is 15.7. The lowest BCUT2D eigenvalue weighted by molar-refractivity contribution is 1.36. The fraction of sp³-hybridized carbons (Fsp3) is 0. The monoisotopic (exact) mass is 329 g/mol. The van der Waals surface area contributed by atoms with Gasteiger partial charge in [-0.1, -0.05) is 47.2 Å². The van der Waals surface area contributed by atoms with Gasteiger partial charge in [0, 0.05) is 11.1 Å². The van der Waals surface area contributed by atoms with Crippen LogP contribution in [0.1, 0.15) is 11.1 Å². The Balaban J connectivity index is 2.10. The number of aromatic nitrogens is 1. The molecule has 1 aromatic heterocycles. The molecular formula is C15H12ClN5S. The van der Waals surface area contributed by atoms with Gasteiger partial charge in [-0.2, -0.15) is 0 Å². The van der Waals surface area contributed by atoms with Crippen LogP contribution in [0.3, 0.4) is 0 Å². The van der Waals surface area contributed by atoms with Crippen molar-refractivity contribution >= 4 is 50.0 Å². The summed E-state index contributed by atoms with van der Waals surface area (Å²) in [6, 6.07) is 12.8. The summed E-state index contributed by atoms with van der Waals surface area (Å²) in [5, 5.41) is 8.56. The van der Waals surface area contributed by atoms with Crippen LogP contribution in [0, 0.1) is 5.41 Å². The molecule has 0 saturated heterocycles. The number of nitrogens with zero attached hydrogens (tertiary/aromatic N) is 2. The van der Waals surface area contributed by atoms with E-state index in [1.54, 1.807) is 18.2 Å². The topological polar surface area (TPSA) is 101 Å². The van der Waals surface area contributed by atoms with Crippen molar-refractivity contribution in [2.75, 3.05) is 0 Å². The molecule has 1 heterocycles. The number of hydrogen-bond donors (Lipinski definition) is 3. The Hall–Kier alpha value is -2.44. The lowest BCUT2D eigenvalue weighted by atomic mass is 10.1. The first-order valence-electron chi connectivity index (χ1n) is 6.39. The van der Waals surface area contributed by atoms with Gasteiger partial charge in [-0.25, -0.2) is 9.98 Å². The second kappa shape index (κ2) is 5.75. The number of benzene rings is 2. The molecule has 2 aromatic carbocycles. The van der Waals surface area contributed by atoms with Gasteiger partial charge in [-0.15, -0.1) is 0 Å². The van der Waals surface area contributed by atoms with Crippen LogP contribution in [0.4, 0.5) is 5.13 Å². The molecule has 0 aliphatic heterocycles. The first kappa shape index (κ1) is 14.5. The van der Waals surface area contributed by atoms with Crippen LogP contribution in [-0.4, -0.2) is 16.7 Å². The summed E-state index contributed by atoms with van der Waals surface area (Å²) in [7, 11) is 0. The largest absolute Gasteiger partial charge is 0.384 e. The first-order chi connectivity index (χ1) is 10.6. The van der Waals surface area contributed by atoms with Crippen molar-refractivity contribution in [2.24, 2.45) is 16.5 Å². The predicted molar refractivity (Wildman–Crippen MR) is 92.5 cm³/mol. The SMILES string of the molecule is N=C(N)c1cccc(Cl)c1/C(N)=N/c1nc2ccccc2s1. The number of hydrogen-bond acceptors (Lipinski definition) is 4. The summed E-state index contributed by atoms with van der Waals surface area (Å²) in [4.78, 5) is 8.74. The number of fused-ring (bicyclic) bond motifs is 1. The van der Waals surface area contributed by atoms with Gasteiger partial charge in [0.1, 0.15) is 11.7 Å². The molecule has 5 N–H and O–H groups in total. The van der Waals surface area contributed by atoms with Gasteiger partial charge in [0.05, 0.1) is 15.2 Å². The first-order valence-corrected chi connectivity index (χ1v) is 7.58. The number of nitrogens with two attached hydrogens (primary N) is 2. The lowest BCUT2D eigenvalue weighted by Crippen LogP contribution is -2.21. The van der Waals surface area contributed by atoms with E-state index < -0.39 is 0 Å². The number of rotatable bonds is 3. The zero-order valence-electron chi connectivity index (χ0n) is 11.4. The molecule has 3 aromatic rings. The molecule has 0 amide bonds. The highest BCUT2D eigenvalue weighted by atomic mass is 35.5. The van der Waals surface area contributed by atoms with E-state index in [2.05, 4.69) is 9.98 Å². The molecule has 0 saturated carbocycles. The van der Waals surface area contributed by atoms with Crippen LogP contribution in [0.5, 0.6) is 0 Å². The summed E-state index contributed by atoms with van der Waals surface area (Å²) in [5.74, 6) is 0.0785. The number of aliphatic imine (C=N–C) groups is 1. The molecule has 0 atom stereocenters. The van der Waals surface area contributed by atoms with Crippen LogP contribution >= 0.6 is 22.9 Å². The Kier molecular flexibility index (Phi) is 3.79. The third-order valence-electron chi connectivity index (χ3n) is 3.06. The smallest absolute Gasteiger partial charge is 0.212 e. The van der Waals surface area contributed by atoms with Crippen LogP contribution in [0.2, 0.25) is 5.02 Å². The molecule has 0 bridgehead atoms. The number of thiazole rings is 1. The van der Waals surface area contributed by atoms with Crippen LogP contribution in [-0.2, 0) is 0 Å². The minimum atomic E-state index is -0.111. The molecule has 0 radical (unpaired) electrons. The standard InChI is InChI=1S/C15H12ClN5S/c16-9-5-3-4-8(13(17)18)12(9)14(19)21-15-20-10-6-1-2-7-11(10)22-15/h1-7H,(H3,17,18)(H2,19,20,21). The van der Waals surface area contributed by atoms with E-state index in [-0.39, 0.29) is 11.7 Å². The molecule has 110 valence electrons. The lowest BCUT2D eigenvalue weighted by Gasteiger charge is -2.09. The molecule has 22 heavy (non-hydrogen) atoms. The molecule has 3 rings (SSSR count). The molecule has 0 aliphatic carbocycles. The van der Waals surface area contributed by atoms with E-state index in [1.807, 2.05) is 24.3 Å². The highest BCUT2D eigenvalue weighted by molar-refractivity contribution is 7.22. The minimum Gasteiger partial charge on any atom is -0.384 e. The van der Waals surface area contributed by atoms with Gasteiger partial charge in [0.25, 0.3) is 0 Å². The third-order valence-corrected chi connectivity index (χ3v) is 4.30. The van der Waals surface area contributed by atoms with Gasteiger partial charge < -0.3 is 11.5 Å². The average molecular weight is 330 g/mol. The van der Waals surface area contributed by atoms with Gasteiger partial charge in [0.2, 0.25) is 5.13 Å². The van der Waals surface area contributed by atoms with E-state index in [4.69, 9.17) is 28.5 Å². The molecule has 0 spiro atoms. The summed E-state index contributed by atoms with van der Waals surface area (Å²) in [6.45, 7) is 0. The van der Waals surface area contributed by atoms with E-state index in [9.17, 15) is 0 Å². The van der Waals surface area contributed by atoms with E-state index in [0.717, 1.165) is 10.2 Å². The fourth-order valence-corrected chi connectivity index (χ4v) is 3.20. The van der Waals surface area contributed by atoms with Crippen LogP contribution < -0.4 is 11.5 Å². The van der Waals surface area contributed by atoms with E-state index in [1.165, 1.54) is 11.3 Å². The predicted octanol–water partition coefficient (Wildman–Crippen LogP) is 3.27. The minimum absolute atomic E-state index is 0.111. The normalized spacial score (nSPS) is 11.8. The number of nitrogen functional groups attached to an aromatic ring is 1. The van der Waals surface area contributed by atoms with Crippen LogP contribution in [0.25, 0.3) is 10.2 Å². The summed E-state index contributed by atoms with van der Waals surface area (Å²) < 4.78 is 1.03. The quantitative estimate of drug-likeness (QED) is 0.507. The van der Waals surface area contributed by atoms with Crippen LogP contribution in [0.15, 0.2) is 47.5 Å². The van der Waals surface area contributed by atoms with Gasteiger partial charge in [-0.05, 0) is 18.2 Å². The van der Waals surface area contributed by atoms with Crippen molar-refractivity contribution in [1.29, 1.82) is 5.41 Å². The van der Waals surface area contributed by atoms with Crippen molar-refractivity contribution < 1.29 is 0 Å². The van der Waals surface area contributed by atoms with Gasteiger partial charge in [-0.3, -0.25) is 5.41 Å². The van der Waals surface area contributed by atoms with E-state index >= 15 is 0 Å². The maximum Gasteiger partial charge on any atom is 0.212 e. The number of amidine groups is 2. The summed E-state index contributed by atoms with van der Waals surface area (Å²) in [5.41, 5.74) is 13.4. The second-order valence-corrected chi connectivity index (χ2v) is 5.95. The third kappa shape index (κ3) is 2.66. The van der Waals surface area contributed by atoms with Crippen molar-refractivity contribution in [2.45, 2.75) is 0 Å². The fourth-order valence-electron chi connectivity index (χ4n) is 2.08. The average Bonchev–Trinajstić information content (AvgIpc) is 2.88. The van der Waals surface area contributed by atoms with Crippen molar-refractivity contribution in [3.05, 3.63) is 58.6 Å². The molecule has 5 nitrogen and oxygen atoms in total. The summed E-state index contributed by atoms with van der Waals surface area (Å²) >= 11 is 7.62. The molecule has 0 fully saturated rings. The number of halogens is 1. The highest BCUT2D eigenvalue weighted by Crippen LogP contribution is 2.29. The van der Waals surface area contributed by atoms with Gasteiger partial charge in [0.15, 0.2) is 0 Å². The zero-order valence-corrected chi connectivity index (χ0v) is 12.9. The molecular weight excluding hydrogens is 318 g/mol. The Bertz CT molecular complexity index is 867. The Morgan fingerprint density at radius 2 is 1.91 bits per heavy atom.